The predicted octanol–water partition coefficient (Wildman–Crippen LogP) is 1.25. The van der Waals surface area contributed by atoms with Crippen LogP contribution in [0.5, 0.6) is 0 Å². The van der Waals surface area contributed by atoms with Gasteiger partial charge >= 0.3 is 0 Å². The minimum absolute atomic E-state index is 0.484. The van der Waals surface area contributed by atoms with E-state index in [2.05, 4.69) is 10.2 Å². The summed E-state index contributed by atoms with van der Waals surface area (Å²) >= 11 is 1.37. The van der Waals surface area contributed by atoms with Crippen molar-refractivity contribution in [3.63, 3.8) is 0 Å². The molecule has 0 aliphatic heterocycles. The molecule has 0 fully saturated rings. The SMILES string of the molecule is NCc1cccc(-c2nnc(N)s2)c1. The van der Waals surface area contributed by atoms with Gasteiger partial charge in [-0.3, -0.25) is 0 Å². The second kappa shape index (κ2) is 3.73. The molecule has 0 spiro atoms. The summed E-state index contributed by atoms with van der Waals surface area (Å²) in [4.78, 5) is 0. The average Bonchev–Trinajstić information content (AvgIpc) is 2.65. The molecule has 0 aliphatic rings. The second-order valence-corrected chi connectivity index (χ2v) is 3.86. The molecule has 0 bridgehead atoms. The van der Waals surface area contributed by atoms with Gasteiger partial charge in [0.2, 0.25) is 5.13 Å². The molecule has 0 unspecified atom stereocenters. The Hall–Kier alpha value is -1.46. The summed E-state index contributed by atoms with van der Waals surface area (Å²) in [6, 6.07) is 7.90. The van der Waals surface area contributed by atoms with E-state index in [-0.39, 0.29) is 0 Å². The number of rotatable bonds is 2. The van der Waals surface area contributed by atoms with Gasteiger partial charge in [0, 0.05) is 12.1 Å². The van der Waals surface area contributed by atoms with Crippen LogP contribution in [0.2, 0.25) is 0 Å². The maximum Gasteiger partial charge on any atom is 0.203 e. The van der Waals surface area contributed by atoms with Gasteiger partial charge in [0.15, 0.2) is 0 Å². The molecule has 4 nitrogen and oxygen atoms in total. The van der Waals surface area contributed by atoms with Crippen molar-refractivity contribution in [3.05, 3.63) is 29.8 Å². The molecular formula is C9H10N4S. The molecule has 0 amide bonds. The molecule has 0 atom stereocenters. The van der Waals surface area contributed by atoms with Crippen LogP contribution in [0.3, 0.4) is 0 Å². The van der Waals surface area contributed by atoms with Gasteiger partial charge in [0.1, 0.15) is 5.01 Å². The first-order valence-electron chi connectivity index (χ1n) is 4.18. The van der Waals surface area contributed by atoms with Crippen LogP contribution in [0.4, 0.5) is 5.13 Å². The van der Waals surface area contributed by atoms with E-state index in [1.54, 1.807) is 0 Å². The topological polar surface area (TPSA) is 77.8 Å². The number of nitrogens with zero attached hydrogens (tertiary/aromatic N) is 2. The van der Waals surface area contributed by atoms with Crippen LogP contribution in [0, 0.1) is 0 Å². The number of anilines is 1. The molecule has 5 heteroatoms. The number of hydrogen-bond acceptors (Lipinski definition) is 5. The molecule has 0 radical (unpaired) electrons. The molecule has 1 aromatic carbocycles. The van der Waals surface area contributed by atoms with Gasteiger partial charge in [-0.15, -0.1) is 10.2 Å². The first-order valence-corrected chi connectivity index (χ1v) is 4.99. The van der Waals surface area contributed by atoms with Crippen LogP contribution in [0.15, 0.2) is 24.3 Å². The lowest BCUT2D eigenvalue weighted by molar-refractivity contribution is 1.07. The fraction of sp³-hybridized carbons (Fsp3) is 0.111. The number of hydrogen-bond donors (Lipinski definition) is 2. The zero-order valence-corrected chi connectivity index (χ0v) is 8.29. The van der Waals surface area contributed by atoms with Crippen molar-refractivity contribution in [2.45, 2.75) is 6.54 Å². The van der Waals surface area contributed by atoms with Gasteiger partial charge in [0.05, 0.1) is 0 Å². The Labute approximate surface area is 85.6 Å². The molecule has 2 rings (SSSR count). The smallest absolute Gasteiger partial charge is 0.203 e. The molecule has 0 aliphatic carbocycles. The van der Waals surface area contributed by atoms with E-state index in [1.165, 1.54) is 11.3 Å². The standard InChI is InChI=1S/C9H10N4S/c10-5-6-2-1-3-7(4-6)8-12-13-9(11)14-8/h1-4H,5,10H2,(H2,11,13). The van der Waals surface area contributed by atoms with Crippen LogP contribution in [0.25, 0.3) is 10.6 Å². The van der Waals surface area contributed by atoms with Gasteiger partial charge in [-0.2, -0.15) is 0 Å². The van der Waals surface area contributed by atoms with Crippen LogP contribution in [0.1, 0.15) is 5.56 Å². The highest BCUT2D eigenvalue weighted by atomic mass is 32.1. The summed E-state index contributed by atoms with van der Waals surface area (Å²) in [6.45, 7) is 0.530. The lowest BCUT2D eigenvalue weighted by atomic mass is 10.1. The van der Waals surface area contributed by atoms with E-state index in [0.29, 0.717) is 11.7 Å². The van der Waals surface area contributed by atoms with Crippen molar-refractivity contribution >= 4 is 16.5 Å². The maximum atomic E-state index is 5.54. The maximum absolute atomic E-state index is 5.54. The van der Waals surface area contributed by atoms with Crippen molar-refractivity contribution in [2.75, 3.05) is 5.73 Å². The summed E-state index contributed by atoms with van der Waals surface area (Å²) in [7, 11) is 0. The highest BCUT2D eigenvalue weighted by molar-refractivity contribution is 7.18. The van der Waals surface area contributed by atoms with Crippen molar-refractivity contribution in [1.82, 2.24) is 10.2 Å². The molecule has 2 aromatic rings. The summed E-state index contributed by atoms with van der Waals surface area (Å²) in [6.07, 6.45) is 0. The van der Waals surface area contributed by atoms with Gasteiger partial charge in [-0.05, 0) is 11.6 Å². The number of aromatic nitrogens is 2. The normalized spacial score (nSPS) is 10.4. The summed E-state index contributed by atoms with van der Waals surface area (Å²) in [5.41, 5.74) is 13.1. The third-order valence-corrected chi connectivity index (χ3v) is 2.65. The molecule has 1 aromatic heterocycles. The molecule has 0 saturated heterocycles. The lowest BCUT2D eigenvalue weighted by Gasteiger charge is -1.98. The predicted molar refractivity (Wildman–Crippen MR) is 57.6 cm³/mol. The van der Waals surface area contributed by atoms with E-state index in [0.717, 1.165) is 16.1 Å². The lowest BCUT2D eigenvalue weighted by Crippen LogP contribution is -1.95. The van der Waals surface area contributed by atoms with E-state index >= 15 is 0 Å². The monoisotopic (exact) mass is 206 g/mol. The minimum atomic E-state index is 0.484. The van der Waals surface area contributed by atoms with Gasteiger partial charge in [0.25, 0.3) is 0 Å². The van der Waals surface area contributed by atoms with E-state index in [1.807, 2.05) is 24.3 Å². The van der Waals surface area contributed by atoms with Crippen molar-refractivity contribution in [2.24, 2.45) is 5.73 Å². The molecule has 0 saturated carbocycles. The van der Waals surface area contributed by atoms with Crippen molar-refractivity contribution in [3.8, 4) is 10.6 Å². The van der Waals surface area contributed by atoms with Crippen LogP contribution in [-0.2, 0) is 6.54 Å². The Balaban J connectivity index is 2.41. The quantitative estimate of drug-likeness (QED) is 0.775. The average molecular weight is 206 g/mol. The van der Waals surface area contributed by atoms with Gasteiger partial charge in [-0.25, -0.2) is 0 Å². The summed E-state index contributed by atoms with van der Waals surface area (Å²) in [5, 5.41) is 9.04. The van der Waals surface area contributed by atoms with E-state index < -0.39 is 0 Å². The molecule has 1 heterocycles. The Morgan fingerprint density at radius 2 is 2.14 bits per heavy atom. The minimum Gasteiger partial charge on any atom is -0.374 e. The van der Waals surface area contributed by atoms with Crippen molar-refractivity contribution < 1.29 is 0 Å². The molecule has 4 N–H and O–H groups in total. The Morgan fingerprint density at radius 3 is 2.79 bits per heavy atom. The fourth-order valence-corrected chi connectivity index (χ4v) is 1.79. The molecule has 14 heavy (non-hydrogen) atoms. The summed E-state index contributed by atoms with van der Waals surface area (Å²) < 4.78 is 0. The number of nitrogens with two attached hydrogens (primary N) is 2. The highest BCUT2D eigenvalue weighted by Gasteiger charge is 2.04. The second-order valence-electron chi connectivity index (χ2n) is 2.85. The first-order chi connectivity index (χ1) is 6.79. The van der Waals surface area contributed by atoms with Gasteiger partial charge < -0.3 is 11.5 Å². The largest absolute Gasteiger partial charge is 0.374 e. The highest BCUT2D eigenvalue weighted by Crippen LogP contribution is 2.24. The zero-order valence-electron chi connectivity index (χ0n) is 7.47. The Bertz CT molecular complexity index is 438. The van der Waals surface area contributed by atoms with Crippen molar-refractivity contribution in [1.29, 1.82) is 0 Å². The van der Waals surface area contributed by atoms with Crippen LogP contribution < -0.4 is 11.5 Å². The number of benzene rings is 1. The van der Waals surface area contributed by atoms with Crippen LogP contribution >= 0.6 is 11.3 Å². The van der Waals surface area contributed by atoms with E-state index in [9.17, 15) is 0 Å². The summed E-state index contributed by atoms with van der Waals surface area (Å²) in [5.74, 6) is 0. The molecular weight excluding hydrogens is 196 g/mol. The zero-order chi connectivity index (χ0) is 9.97. The Morgan fingerprint density at radius 1 is 1.29 bits per heavy atom. The van der Waals surface area contributed by atoms with Crippen LogP contribution in [-0.4, -0.2) is 10.2 Å². The fourth-order valence-electron chi connectivity index (χ4n) is 1.18. The third kappa shape index (κ3) is 1.73. The number of nitrogen functional groups attached to an aromatic ring is 1. The third-order valence-electron chi connectivity index (χ3n) is 1.85. The van der Waals surface area contributed by atoms with E-state index in [4.69, 9.17) is 11.5 Å². The first kappa shape index (κ1) is 9.11. The Kier molecular flexibility index (Phi) is 2.43. The van der Waals surface area contributed by atoms with Gasteiger partial charge in [-0.1, -0.05) is 29.5 Å². The molecule has 72 valence electrons.